The maximum absolute atomic E-state index is 11.5. The lowest BCUT2D eigenvalue weighted by atomic mass is 10.1. The van der Waals surface area contributed by atoms with Gasteiger partial charge >= 0.3 is 0 Å². The SMILES string of the molecule is Cc1ccc(C)c(CS(=O)CCN)c1. The van der Waals surface area contributed by atoms with Crippen molar-refractivity contribution < 1.29 is 4.21 Å². The molecule has 0 spiro atoms. The zero-order chi connectivity index (χ0) is 10.6. The lowest BCUT2D eigenvalue weighted by Crippen LogP contribution is -2.12. The van der Waals surface area contributed by atoms with Gasteiger partial charge in [-0.05, 0) is 25.0 Å². The van der Waals surface area contributed by atoms with E-state index in [4.69, 9.17) is 5.73 Å². The number of aryl methyl sites for hydroxylation is 2. The second kappa shape index (κ2) is 5.27. The van der Waals surface area contributed by atoms with Crippen LogP contribution in [0.2, 0.25) is 0 Å². The van der Waals surface area contributed by atoms with Gasteiger partial charge in [-0.2, -0.15) is 0 Å². The first-order valence-electron chi connectivity index (χ1n) is 4.74. The summed E-state index contributed by atoms with van der Waals surface area (Å²) in [6.45, 7) is 4.60. The topological polar surface area (TPSA) is 43.1 Å². The molecule has 0 saturated heterocycles. The first-order chi connectivity index (χ1) is 6.63. The van der Waals surface area contributed by atoms with Gasteiger partial charge in [-0.1, -0.05) is 23.8 Å². The molecule has 14 heavy (non-hydrogen) atoms. The highest BCUT2D eigenvalue weighted by Gasteiger charge is 2.03. The Morgan fingerprint density at radius 1 is 1.36 bits per heavy atom. The Bertz CT molecular complexity index is 336. The highest BCUT2D eigenvalue weighted by atomic mass is 32.2. The van der Waals surface area contributed by atoms with Crippen LogP contribution >= 0.6 is 0 Å². The molecule has 1 rings (SSSR count). The summed E-state index contributed by atoms with van der Waals surface area (Å²) in [4.78, 5) is 0. The van der Waals surface area contributed by atoms with E-state index in [1.165, 1.54) is 16.7 Å². The molecule has 78 valence electrons. The monoisotopic (exact) mass is 211 g/mol. The Labute approximate surface area is 88.0 Å². The maximum atomic E-state index is 11.5. The fourth-order valence-corrected chi connectivity index (χ4v) is 2.40. The van der Waals surface area contributed by atoms with Gasteiger partial charge in [-0.3, -0.25) is 4.21 Å². The molecule has 0 aliphatic carbocycles. The lowest BCUT2D eigenvalue weighted by Gasteiger charge is -2.06. The van der Waals surface area contributed by atoms with Crippen LogP contribution < -0.4 is 5.73 Å². The maximum Gasteiger partial charge on any atom is 0.0488 e. The van der Waals surface area contributed by atoms with Gasteiger partial charge in [0.05, 0.1) is 0 Å². The van der Waals surface area contributed by atoms with Crippen molar-refractivity contribution in [3.05, 3.63) is 34.9 Å². The molecule has 2 nitrogen and oxygen atoms in total. The molecule has 1 unspecified atom stereocenters. The van der Waals surface area contributed by atoms with Gasteiger partial charge in [0.25, 0.3) is 0 Å². The van der Waals surface area contributed by atoms with Crippen molar-refractivity contribution in [2.24, 2.45) is 5.73 Å². The molecule has 3 heteroatoms. The summed E-state index contributed by atoms with van der Waals surface area (Å²) in [6, 6.07) is 6.25. The molecule has 1 aromatic rings. The van der Waals surface area contributed by atoms with E-state index >= 15 is 0 Å². The molecule has 1 atom stereocenters. The zero-order valence-corrected chi connectivity index (χ0v) is 9.56. The smallest absolute Gasteiger partial charge is 0.0488 e. The van der Waals surface area contributed by atoms with Gasteiger partial charge in [0.1, 0.15) is 0 Å². The normalized spacial score (nSPS) is 12.8. The molecule has 0 bridgehead atoms. The van der Waals surface area contributed by atoms with Gasteiger partial charge in [0.15, 0.2) is 0 Å². The van der Waals surface area contributed by atoms with Crippen LogP contribution in [0.5, 0.6) is 0 Å². The number of benzene rings is 1. The van der Waals surface area contributed by atoms with Gasteiger partial charge < -0.3 is 5.73 Å². The first kappa shape index (κ1) is 11.4. The van der Waals surface area contributed by atoms with Gasteiger partial charge in [-0.15, -0.1) is 0 Å². The average molecular weight is 211 g/mol. The minimum Gasteiger partial charge on any atom is -0.330 e. The van der Waals surface area contributed by atoms with Crippen LogP contribution in [0.1, 0.15) is 16.7 Å². The largest absolute Gasteiger partial charge is 0.330 e. The molecule has 0 fully saturated rings. The zero-order valence-electron chi connectivity index (χ0n) is 8.75. The van der Waals surface area contributed by atoms with Crippen LogP contribution in [-0.2, 0) is 16.6 Å². The van der Waals surface area contributed by atoms with Crippen molar-refractivity contribution in [1.29, 1.82) is 0 Å². The van der Waals surface area contributed by atoms with E-state index in [-0.39, 0.29) is 0 Å². The van der Waals surface area contributed by atoms with Crippen molar-refractivity contribution in [2.45, 2.75) is 19.6 Å². The van der Waals surface area contributed by atoms with Crippen molar-refractivity contribution in [3.63, 3.8) is 0 Å². The summed E-state index contributed by atoms with van der Waals surface area (Å²) < 4.78 is 11.5. The molecule has 0 aliphatic rings. The van der Waals surface area contributed by atoms with Gasteiger partial charge in [-0.25, -0.2) is 0 Å². The number of hydrogen-bond donors (Lipinski definition) is 1. The van der Waals surface area contributed by atoms with Crippen molar-refractivity contribution in [2.75, 3.05) is 12.3 Å². The summed E-state index contributed by atoms with van der Waals surface area (Å²) in [7, 11) is -0.815. The minimum atomic E-state index is -0.815. The molecule has 0 radical (unpaired) electrons. The Morgan fingerprint density at radius 3 is 2.71 bits per heavy atom. The van der Waals surface area contributed by atoms with E-state index < -0.39 is 10.8 Å². The van der Waals surface area contributed by atoms with E-state index in [0.717, 1.165) is 0 Å². The molecule has 0 aromatic heterocycles. The van der Waals surface area contributed by atoms with Gasteiger partial charge in [0, 0.05) is 28.9 Å². The van der Waals surface area contributed by atoms with E-state index in [9.17, 15) is 4.21 Å². The fourth-order valence-electron chi connectivity index (χ4n) is 1.33. The van der Waals surface area contributed by atoms with Crippen LogP contribution in [0.15, 0.2) is 18.2 Å². The third-order valence-electron chi connectivity index (χ3n) is 2.17. The quantitative estimate of drug-likeness (QED) is 0.820. The fraction of sp³-hybridized carbons (Fsp3) is 0.455. The van der Waals surface area contributed by atoms with Crippen LogP contribution in [0, 0.1) is 13.8 Å². The summed E-state index contributed by atoms with van der Waals surface area (Å²) in [6.07, 6.45) is 0. The lowest BCUT2D eigenvalue weighted by molar-refractivity contribution is 0.682. The second-order valence-corrected chi connectivity index (χ2v) is 5.08. The number of nitrogens with two attached hydrogens (primary N) is 1. The predicted molar refractivity (Wildman–Crippen MR) is 61.7 cm³/mol. The highest BCUT2D eigenvalue weighted by molar-refractivity contribution is 7.84. The molecule has 2 N–H and O–H groups in total. The third-order valence-corrected chi connectivity index (χ3v) is 3.49. The number of hydrogen-bond acceptors (Lipinski definition) is 2. The molecular weight excluding hydrogens is 194 g/mol. The molecule has 0 amide bonds. The summed E-state index contributed by atoms with van der Waals surface area (Å²) in [5, 5.41) is 0. The van der Waals surface area contributed by atoms with Crippen LogP contribution in [0.25, 0.3) is 0 Å². The van der Waals surface area contributed by atoms with Crippen LogP contribution in [0.4, 0.5) is 0 Å². The van der Waals surface area contributed by atoms with Crippen molar-refractivity contribution in [1.82, 2.24) is 0 Å². The molecular formula is C11H17NOS. The van der Waals surface area contributed by atoms with Gasteiger partial charge in [0.2, 0.25) is 0 Å². The summed E-state index contributed by atoms with van der Waals surface area (Å²) in [5.74, 6) is 1.22. The van der Waals surface area contributed by atoms with Crippen LogP contribution in [0.3, 0.4) is 0 Å². The first-order valence-corrected chi connectivity index (χ1v) is 6.23. The summed E-state index contributed by atoms with van der Waals surface area (Å²) in [5.41, 5.74) is 8.96. The van der Waals surface area contributed by atoms with E-state index in [0.29, 0.717) is 18.1 Å². The molecule has 0 saturated carbocycles. The average Bonchev–Trinajstić information content (AvgIpc) is 2.12. The highest BCUT2D eigenvalue weighted by Crippen LogP contribution is 2.12. The standard InChI is InChI=1S/C11H17NOS/c1-9-3-4-10(2)11(7-9)8-14(13)6-5-12/h3-4,7H,5-6,8,12H2,1-2H3. The van der Waals surface area contributed by atoms with Crippen LogP contribution in [-0.4, -0.2) is 16.5 Å². The molecule has 0 heterocycles. The van der Waals surface area contributed by atoms with E-state index in [1.807, 2.05) is 0 Å². The summed E-state index contributed by atoms with van der Waals surface area (Å²) >= 11 is 0. The Hall–Kier alpha value is -0.670. The van der Waals surface area contributed by atoms with Crippen molar-refractivity contribution >= 4 is 10.8 Å². The predicted octanol–water partition coefficient (Wildman–Crippen LogP) is 1.51. The second-order valence-electron chi connectivity index (χ2n) is 3.51. The Kier molecular flexibility index (Phi) is 4.29. The van der Waals surface area contributed by atoms with Crippen molar-refractivity contribution in [3.8, 4) is 0 Å². The van der Waals surface area contributed by atoms with E-state index in [2.05, 4.69) is 32.0 Å². The minimum absolute atomic E-state index is 0.497. The van der Waals surface area contributed by atoms with E-state index in [1.54, 1.807) is 0 Å². The number of rotatable bonds is 4. The molecule has 1 aromatic carbocycles. The molecule has 0 aliphatic heterocycles. The Morgan fingerprint density at radius 2 is 2.07 bits per heavy atom. The third kappa shape index (κ3) is 3.24. The Balaban J connectivity index is 2.75.